The first-order valence-electron chi connectivity index (χ1n) is 6.61. The first-order valence-corrected chi connectivity index (χ1v) is 8.05. The molecule has 0 aliphatic rings. The van der Waals surface area contributed by atoms with E-state index >= 15 is 0 Å². The van der Waals surface area contributed by atoms with Gasteiger partial charge in [-0.15, -0.1) is 0 Å². The van der Waals surface area contributed by atoms with Crippen LogP contribution in [0.4, 0.5) is 0 Å². The van der Waals surface area contributed by atoms with Crippen LogP contribution in [0.3, 0.4) is 0 Å². The molecule has 0 bridgehead atoms. The van der Waals surface area contributed by atoms with Crippen molar-refractivity contribution >= 4 is 10.1 Å². The Balaban J connectivity index is 0. The van der Waals surface area contributed by atoms with Crippen LogP contribution in [0.1, 0.15) is 52.4 Å². The third-order valence-corrected chi connectivity index (χ3v) is 4.00. The molecule has 0 spiro atoms. The van der Waals surface area contributed by atoms with Gasteiger partial charge in [-0.1, -0.05) is 57.2 Å². The number of hydrogen-bond acceptors (Lipinski definition) is 2. The van der Waals surface area contributed by atoms with Gasteiger partial charge in [0.25, 0.3) is 10.1 Å². The molecule has 0 aliphatic carbocycles. The fourth-order valence-electron chi connectivity index (χ4n) is 2.06. The summed E-state index contributed by atoms with van der Waals surface area (Å²) in [7, 11) is -4.08. The van der Waals surface area contributed by atoms with E-state index in [-0.39, 0.29) is 35.9 Å². The normalized spacial score (nSPS) is 11.1. The number of unbranched alkanes of at least 4 members (excludes halogenated alkanes) is 5. The van der Waals surface area contributed by atoms with Gasteiger partial charge in [0, 0.05) is 0 Å². The maximum absolute atomic E-state index is 11.2. The molecule has 1 N–H and O–H groups in total. The number of aryl methyl sites for hydroxylation is 1. The third-order valence-electron chi connectivity index (χ3n) is 3.05. The Bertz CT molecular complexity index is 463. The van der Waals surface area contributed by atoms with Gasteiger partial charge < -0.3 is 1.43 Å². The smallest absolute Gasteiger partial charge is 1.00 e. The molecule has 3 nitrogen and oxygen atoms in total. The first-order chi connectivity index (χ1) is 8.55. The Labute approximate surface area is 140 Å². The minimum Gasteiger partial charge on any atom is -1.00 e. The number of rotatable bonds is 8. The summed E-state index contributed by atoms with van der Waals surface area (Å²) in [5.74, 6) is 0. The summed E-state index contributed by atoms with van der Waals surface area (Å²) in [6.07, 6.45) is 7.73. The Morgan fingerprint density at radius 1 is 1.05 bits per heavy atom. The summed E-state index contributed by atoms with van der Waals surface area (Å²) in [6.45, 7) is 2.18. The topological polar surface area (TPSA) is 54.4 Å². The summed E-state index contributed by atoms with van der Waals surface area (Å²) < 4.78 is 31.5. The van der Waals surface area contributed by atoms with Crippen molar-refractivity contribution in [1.82, 2.24) is 0 Å². The summed E-state index contributed by atoms with van der Waals surface area (Å²) in [5, 5.41) is 0. The van der Waals surface area contributed by atoms with Gasteiger partial charge in [0.2, 0.25) is 0 Å². The predicted octanol–water partition coefficient (Wildman–Crippen LogP) is 0.953. The maximum Gasteiger partial charge on any atom is 1.00 e. The first kappa shape index (κ1) is 19.1. The van der Waals surface area contributed by atoms with Crippen LogP contribution in [-0.2, 0) is 16.5 Å². The van der Waals surface area contributed by atoms with Crippen LogP contribution in [0.5, 0.6) is 0 Å². The zero-order chi connectivity index (χ0) is 13.4. The van der Waals surface area contributed by atoms with Gasteiger partial charge in [0.1, 0.15) is 0 Å². The third kappa shape index (κ3) is 7.47. The number of benzene rings is 1. The molecule has 0 unspecified atom stereocenters. The quantitative estimate of drug-likeness (QED) is 0.441. The minimum absolute atomic E-state index is 0. The Morgan fingerprint density at radius 2 is 1.63 bits per heavy atom. The van der Waals surface area contributed by atoms with E-state index in [9.17, 15) is 8.42 Å². The van der Waals surface area contributed by atoms with Gasteiger partial charge in [-0.25, -0.2) is 0 Å². The van der Waals surface area contributed by atoms with Crippen LogP contribution >= 0.6 is 0 Å². The van der Waals surface area contributed by atoms with Gasteiger partial charge >= 0.3 is 29.6 Å². The van der Waals surface area contributed by atoms with E-state index in [1.807, 2.05) is 0 Å². The standard InChI is InChI=1S/C14H22O3S.Na.H/c1-2-3-4-5-6-7-10-13-11-8-9-12-14(13)18(15,16)17;;/h8-9,11-12H,2-7,10H2,1H3,(H,15,16,17);;/q;+1;-1. The predicted molar refractivity (Wildman–Crippen MR) is 74.4 cm³/mol. The fourth-order valence-corrected chi connectivity index (χ4v) is 2.81. The summed E-state index contributed by atoms with van der Waals surface area (Å²) in [5.41, 5.74) is 0.718. The monoisotopic (exact) mass is 294 g/mol. The second kappa shape index (κ2) is 9.94. The van der Waals surface area contributed by atoms with Gasteiger partial charge in [-0.2, -0.15) is 8.42 Å². The average Bonchev–Trinajstić information content (AvgIpc) is 2.33. The van der Waals surface area contributed by atoms with E-state index in [0.717, 1.165) is 18.4 Å². The molecule has 0 heterocycles. The average molecular weight is 294 g/mol. The molecule has 0 saturated carbocycles. The molecule has 104 valence electrons. The number of hydrogen-bond donors (Lipinski definition) is 1. The molecular weight excluding hydrogens is 271 g/mol. The molecule has 0 atom stereocenters. The Hall–Kier alpha value is 0.130. The molecule has 0 amide bonds. The van der Waals surface area contributed by atoms with Crippen molar-refractivity contribution in [3.63, 3.8) is 0 Å². The van der Waals surface area contributed by atoms with Crippen molar-refractivity contribution in [2.75, 3.05) is 0 Å². The van der Waals surface area contributed by atoms with E-state index in [1.54, 1.807) is 18.2 Å². The van der Waals surface area contributed by atoms with E-state index in [4.69, 9.17) is 4.55 Å². The molecule has 5 heteroatoms. The van der Waals surface area contributed by atoms with Crippen LogP contribution in [0.2, 0.25) is 0 Å². The Kier molecular flexibility index (Phi) is 10.0. The van der Waals surface area contributed by atoms with Crippen molar-refractivity contribution in [2.45, 2.75) is 56.8 Å². The van der Waals surface area contributed by atoms with Crippen LogP contribution in [0, 0.1) is 0 Å². The summed E-state index contributed by atoms with van der Waals surface area (Å²) >= 11 is 0. The van der Waals surface area contributed by atoms with Gasteiger partial charge in [-0.05, 0) is 24.5 Å². The van der Waals surface area contributed by atoms with Gasteiger partial charge in [0.05, 0.1) is 4.90 Å². The molecule has 1 aromatic rings. The van der Waals surface area contributed by atoms with Crippen molar-refractivity contribution in [1.29, 1.82) is 0 Å². The minimum atomic E-state index is -4.08. The molecule has 0 aliphatic heterocycles. The largest absolute Gasteiger partial charge is 1.00 e. The molecule has 0 saturated heterocycles. The van der Waals surface area contributed by atoms with Crippen molar-refractivity contribution in [3.05, 3.63) is 29.8 Å². The summed E-state index contributed by atoms with van der Waals surface area (Å²) in [6, 6.07) is 6.67. The Morgan fingerprint density at radius 3 is 2.26 bits per heavy atom. The van der Waals surface area contributed by atoms with Gasteiger partial charge in [-0.3, -0.25) is 4.55 Å². The molecular formula is C14H23NaO3S. The van der Waals surface area contributed by atoms with Gasteiger partial charge in [0.15, 0.2) is 0 Å². The van der Waals surface area contributed by atoms with E-state index in [1.165, 1.54) is 31.7 Å². The SMILES string of the molecule is CCCCCCCCc1ccccc1S(=O)(=O)O.[H-].[Na+]. The molecule has 1 rings (SSSR count). The van der Waals surface area contributed by atoms with Crippen molar-refractivity contribution in [3.8, 4) is 0 Å². The van der Waals surface area contributed by atoms with Crippen molar-refractivity contribution < 1.29 is 44.0 Å². The second-order valence-electron chi connectivity index (χ2n) is 4.60. The fraction of sp³-hybridized carbons (Fsp3) is 0.571. The molecule has 0 radical (unpaired) electrons. The molecule has 1 aromatic carbocycles. The molecule has 0 aromatic heterocycles. The van der Waals surface area contributed by atoms with Crippen LogP contribution in [0.25, 0.3) is 0 Å². The van der Waals surface area contributed by atoms with Crippen molar-refractivity contribution in [2.24, 2.45) is 0 Å². The van der Waals surface area contributed by atoms with E-state index < -0.39 is 10.1 Å². The molecule has 0 fully saturated rings. The zero-order valence-corrected chi connectivity index (χ0v) is 14.7. The van der Waals surface area contributed by atoms with E-state index in [2.05, 4.69) is 6.92 Å². The van der Waals surface area contributed by atoms with Crippen LogP contribution in [0.15, 0.2) is 29.2 Å². The van der Waals surface area contributed by atoms with Crippen LogP contribution < -0.4 is 29.6 Å². The maximum atomic E-state index is 11.2. The molecule has 19 heavy (non-hydrogen) atoms. The second-order valence-corrected chi connectivity index (χ2v) is 5.99. The zero-order valence-electron chi connectivity index (χ0n) is 12.9. The summed E-state index contributed by atoms with van der Waals surface area (Å²) in [4.78, 5) is 0.0542. The van der Waals surface area contributed by atoms with E-state index in [0.29, 0.717) is 6.42 Å². The van der Waals surface area contributed by atoms with Crippen LogP contribution in [-0.4, -0.2) is 13.0 Å².